The van der Waals surface area contributed by atoms with E-state index in [1.54, 1.807) is 18.2 Å². The van der Waals surface area contributed by atoms with Crippen LogP contribution in [0.1, 0.15) is 98.0 Å². The number of nitrogens with zero attached hydrogens (tertiary/aromatic N) is 4. The molecule has 258 valence electrons. The summed E-state index contributed by atoms with van der Waals surface area (Å²) in [5.74, 6) is 0.433. The molecule has 1 aliphatic heterocycles. The third-order valence-corrected chi connectivity index (χ3v) is 10.9. The molecule has 0 unspecified atom stereocenters. The van der Waals surface area contributed by atoms with Gasteiger partial charge in [0.1, 0.15) is 6.61 Å². The van der Waals surface area contributed by atoms with Crippen LogP contribution in [0.5, 0.6) is 5.88 Å². The van der Waals surface area contributed by atoms with E-state index in [4.69, 9.17) is 9.72 Å². The number of benzene rings is 2. The molecule has 1 saturated carbocycles. The number of hydrogen-bond acceptors (Lipinski definition) is 7. The van der Waals surface area contributed by atoms with Gasteiger partial charge in [0.25, 0.3) is 15.9 Å². The van der Waals surface area contributed by atoms with Crippen LogP contribution < -0.4 is 9.46 Å². The van der Waals surface area contributed by atoms with Crippen LogP contribution >= 0.6 is 0 Å². The third kappa shape index (κ3) is 8.29. The van der Waals surface area contributed by atoms with E-state index in [2.05, 4.69) is 47.6 Å². The molecule has 1 aliphatic carbocycles. The molecule has 10 heteroatoms. The van der Waals surface area contributed by atoms with Crippen molar-refractivity contribution in [2.45, 2.75) is 96.4 Å². The Morgan fingerprint density at radius 1 is 0.939 bits per heavy atom. The first-order valence-corrected chi connectivity index (χ1v) is 18.8. The quantitative estimate of drug-likeness (QED) is 0.220. The Balaban J connectivity index is 1.38. The summed E-state index contributed by atoms with van der Waals surface area (Å²) in [5, 5.41) is 0. The molecule has 2 aliphatic rings. The number of fused-ring (bicyclic) bond motifs is 4. The molecule has 49 heavy (non-hydrogen) atoms. The van der Waals surface area contributed by atoms with Gasteiger partial charge >= 0.3 is 0 Å². The van der Waals surface area contributed by atoms with Gasteiger partial charge in [0.05, 0.1) is 16.6 Å². The van der Waals surface area contributed by atoms with Crippen LogP contribution in [0, 0.1) is 19.3 Å². The van der Waals surface area contributed by atoms with Crippen LogP contribution in [-0.2, 0) is 16.4 Å². The summed E-state index contributed by atoms with van der Waals surface area (Å²) in [6.07, 6.45) is 9.46. The molecule has 0 saturated heterocycles. The predicted octanol–water partition coefficient (Wildman–Crippen LogP) is 7.89. The van der Waals surface area contributed by atoms with E-state index in [9.17, 15) is 13.2 Å². The van der Waals surface area contributed by atoms with E-state index in [1.165, 1.54) is 49.8 Å². The fourth-order valence-electron chi connectivity index (χ4n) is 7.13. The number of sulfonamides is 1. The van der Waals surface area contributed by atoms with E-state index in [0.29, 0.717) is 31.0 Å². The number of carbonyl (C=O) groups excluding carboxylic acids is 1. The summed E-state index contributed by atoms with van der Waals surface area (Å²) in [5.41, 5.74) is 5.75. The number of hydrogen-bond donors (Lipinski definition) is 1. The Morgan fingerprint density at radius 2 is 1.67 bits per heavy atom. The van der Waals surface area contributed by atoms with Gasteiger partial charge in [-0.1, -0.05) is 70.4 Å². The molecule has 1 atom stereocenters. The molecule has 0 radical (unpaired) electrons. The summed E-state index contributed by atoms with van der Waals surface area (Å²) in [4.78, 5) is 30.1. The lowest BCUT2D eigenvalue weighted by Gasteiger charge is -2.35. The zero-order chi connectivity index (χ0) is 34.8. The monoisotopic (exact) mass is 681 g/mol. The van der Waals surface area contributed by atoms with Gasteiger partial charge in [-0.3, -0.25) is 9.78 Å². The lowest BCUT2D eigenvalue weighted by atomic mass is 9.85. The van der Waals surface area contributed by atoms with Crippen molar-refractivity contribution in [2.24, 2.45) is 5.41 Å². The second kappa shape index (κ2) is 14.3. The number of amides is 1. The first-order chi connectivity index (χ1) is 23.4. The number of nitrogens with one attached hydrogen (secondary N) is 1. The van der Waals surface area contributed by atoms with Gasteiger partial charge in [0.2, 0.25) is 11.8 Å². The average Bonchev–Trinajstić information content (AvgIpc) is 3.06. The fourth-order valence-corrected chi connectivity index (χ4v) is 8.12. The third-order valence-electron chi connectivity index (χ3n) is 9.56. The molecule has 3 heterocycles. The fraction of sp³-hybridized carbons (Fsp3) is 0.436. The first-order valence-electron chi connectivity index (χ1n) is 17.3. The SMILES string of the molecule is Cc1cccc(C)c1-c1cc2nc(n1)NS(=O)(=O)c1cccc(c1)C(=O)N(CCc1ccc(C3CCCCC3)cn1)[C@H](CC(C)(C)C)CO2. The van der Waals surface area contributed by atoms with Crippen molar-refractivity contribution in [1.82, 2.24) is 19.9 Å². The van der Waals surface area contributed by atoms with Crippen LogP contribution in [0.25, 0.3) is 11.3 Å². The van der Waals surface area contributed by atoms with Crippen LogP contribution in [-0.4, -0.2) is 53.4 Å². The maximum atomic E-state index is 14.4. The molecule has 1 N–H and O–H groups in total. The largest absolute Gasteiger partial charge is 0.475 e. The molecule has 1 fully saturated rings. The zero-order valence-corrected chi connectivity index (χ0v) is 30.0. The Bertz CT molecular complexity index is 1890. The molecule has 2 aromatic heterocycles. The number of ether oxygens (including phenoxy) is 1. The van der Waals surface area contributed by atoms with Crippen molar-refractivity contribution in [2.75, 3.05) is 17.9 Å². The number of anilines is 1. The van der Waals surface area contributed by atoms with Crippen molar-refractivity contribution in [1.29, 1.82) is 0 Å². The Labute approximate surface area is 290 Å². The van der Waals surface area contributed by atoms with Gasteiger partial charge in [-0.25, -0.2) is 18.1 Å². The number of aromatic nitrogens is 3. The topological polar surface area (TPSA) is 114 Å². The first kappa shape index (κ1) is 34.5. The number of rotatable bonds is 6. The van der Waals surface area contributed by atoms with Gasteiger partial charge < -0.3 is 9.64 Å². The Kier molecular flexibility index (Phi) is 10.1. The maximum Gasteiger partial charge on any atom is 0.264 e. The minimum Gasteiger partial charge on any atom is -0.475 e. The van der Waals surface area contributed by atoms with E-state index in [-0.39, 0.29) is 46.3 Å². The van der Waals surface area contributed by atoms with Crippen LogP contribution in [0.15, 0.2) is 71.8 Å². The average molecular weight is 682 g/mol. The minimum absolute atomic E-state index is 0.0477. The predicted molar refractivity (Wildman–Crippen MR) is 192 cm³/mol. The van der Waals surface area contributed by atoms with Gasteiger partial charge in [0.15, 0.2) is 0 Å². The molecule has 1 amide bonds. The lowest BCUT2D eigenvalue weighted by molar-refractivity contribution is 0.0540. The highest BCUT2D eigenvalue weighted by Crippen LogP contribution is 2.33. The van der Waals surface area contributed by atoms with E-state index in [0.717, 1.165) is 22.4 Å². The molecule has 6 rings (SSSR count). The maximum absolute atomic E-state index is 14.4. The van der Waals surface area contributed by atoms with Crippen LogP contribution in [0.4, 0.5) is 5.95 Å². The van der Waals surface area contributed by atoms with Gasteiger partial charge in [-0.05, 0) is 85.4 Å². The number of carbonyl (C=O) groups is 1. The molecular formula is C39H47N5O4S. The van der Waals surface area contributed by atoms with Crippen LogP contribution in [0.2, 0.25) is 0 Å². The Hall–Kier alpha value is -4.31. The standard InChI is InChI=1S/C39H47N5O4S/c1-26-11-9-12-27(2)36(26)34-22-35-42-38(41-34)43-49(46,47)33-16-10-15-29(21-33)37(45)44(32(25-48-35)23-39(3,4)5)20-19-31-18-17-30(24-40-31)28-13-7-6-8-14-28/h9-12,15-18,21-22,24,28,32H,6-8,13-14,19-20,23,25H2,1-5H3,(H,41,42,43)/t32-/m1/s1. The van der Waals surface area contributed by atoms with Gasteiger partial charge in [-0.15, -0.1) is 0 Å². The van der Waals surface area contributed by atoms with Crippen molar-refractivity contribution < 1.29 is 17.9 Å². The minimum atomic E-state index is -4.14. The smallest absolute Gasteiger partial charge is 0.264 e. The Morgan fingerprint density at radius 3 is 2.37 bits per heavy atom. The highest BCUT2D eigenvalue weighted by molar-refractivity contribution is 7.92. The normalized spacial score (nSPS) is 18.4. The lowest BCUT2D eigenvalue weighted by Crippen LogP contribution is -2.46. The summed E-state index contributed by atoms with van der Waals surface area (Å²) < 4.78 is 36.3. The summed E-state index contributed by atoms with van der Waals surface area (Å²) in [6.45, 7) is 10.9. The van der Waals surface area contributed by atoms with E-state index in [1.807, 2.05) is 43.1 Å². The summed E-state index contributed by atoms with van der Waals surface area (Å²) in [6, 6.07) is 17.8. The molecule has 2 aromatic carbocycles. The van der Waals surface area contributed by atoms with Crippen molar-refractivity contribution in [3.05, 3.63) is 94.8 Å². The summed E-state index contributed by atoms with van der Waals surface area (Å²) >= 11 is 0. The molecular weight excluding hydrogens is 635 g/mol. The van der Waals surface area contributed by atoms with Gasteiger partial charge in [-0.2, -0.15) is 4.98 Å². The molecule has 9 nitrogen and oxygen atoms in total. The zero-order valence-electron chi connectivity index (χ0n) is 29.2. The van der Waals surface area contributed by atoms with Crippen molar-refractivity contribution >= 4 is 21.9 Å². The van der Waals surface area contributed by atoms with Crippen molar-refractivity contribution in [3.63, 3.8) is 0 Å². The second-order valence-electron chi connectivity index (χ2n) is 14.7. The highest BCUT2D eigenvalue weighted by atomic mass is 32.2. The molecule has 4 bridgehead atoms. The molecule has 4 aromatic rings. The summed E-state index contributed by atoms with van der Waals surface area (Å²) in [7, 11) is -4.14. The van der Waals surface area contributed by atoms with Gasteiger partial charge in [0, 0.05) is 42.0 Å². The molecule has 0 spiro atoms. The van der Waals surface area contributed by atoms with E-state index < -0.39 is 10.0 Å². The second-order valence-corrected chi connectivity index (χ2v) is 16.4. The number of aryl methyl sites for hydroxylation is 2. The van der Waals surface area contributed by atoms with Crippen molar-refractivity contribution in [3.8, 4) is 17.1 Å². The van der Waals surface area contributed by atoms with Crippen LogP contribution in [0.3, 0.4) is 0 Å². The van der Waals surface area contributed by atoms with E-state index >= 15 is 0 Å². The highest BCUT2D eigenvalue weighted by Gasteiger charge is 2.31. The number of pyridine rings is 1.